The maximum absolute atomic E-state index is 5.92. The SMILES string of the molecule is CCCCC(CC)COCc1ccccc1CCN. The highest BCUT2D eigenvalue weighted by Gasteiger charge is 2.07. The molecule has 0 aliphatic carbocycles. The predicted molar refractivity (Wildman–Crippen MR) is 82.2 cm³/mol. The van der Waals surface area contributed by atoms with E-state index in [-0.39, 0.29) is 0 Å². The van der Waals surface area contributed by atoms with Crippen molar-refractivity contribution in [3.63, 3.8) is 0 Å². The highest BCUT2D eigenvalue weighted by Crippen LogP contribution is 2.15. The predicted octanol–water partition coefficient (Wildman–Crippen LogP) is 3.92. The Morgan fingerprint density at radius 2 is 1.89 bits per heavy atom. The lowest BCUT2D eigenvalue weighted by molar-refractivity contribution is 0.0815. The molecule has 0 saturated carbocycles. The molecule has 108 valence electrons. The summed E-state index contributed by atoms with van der Waals surface area (Å²) in [7, 11) is 0. The zero-order valence-corrected chi connectivity index (χ0v) is 12.5. The van der Waals surface area contributed by atoms with E-state index < -0.39 is 0 Å². The first-order valence-electron chi connectivity index (χ1n) is 7.66. The minimum atomic E-state index is 0.700. The summed E-state index contributed by atoms with van der Waals surface area (Å²) in [6.45, 7) is 6.81. The third kappa shape index (κ3) is 6.22. The van der Waals surface area contributed by atoms with Crippen LogP contribution in [0.25, 0.3) is 0 Å². The highest BCUT2D eigenvalue weighted by molar-refractivity contribution is 5.26. The third-order valence-corrected chi connectivity index (χ3v) is 3.69. The maximum Gasteiger partial charge on any atom is 0.0719 e. The Kier molecular flexibility index (Phi) is 8.52. The number of rotatable bonds is 10. The van der Waals surface area contributed by atoms with Crippen molar-refractivity contribution < 1.29 is 4.74 Å². The molecule has 2 N–H and O–H groups in total. The van der Waals surface area contributed by atoms with Crippen molar-refractivity contribution in [2.24, 2.45) is 11.7 Å². The van der Waals surface area contributed by atoms with E-state index in [1.165, 1.54) is 36.8 Å². The smallest absolute Gasteiger partial charge is 0.0719 e. The average molecular weight is 263 g/mol. The van der Waals surface area contributed by atoms with Gasteiger partial charge in [-0.25, -0.2) is 0 Å². The number of benzene rings is 1. The van der Waals surface area contributed by atoms with E-state index in [0.29, 0.717) is 12.5 Å². The van der Waals surface area contributed by atoms with E-state index in [4.69, 9.17) is 10.5 Å². The summed E-state index contributed by atoms with van der Waals surface area (Å²) in [6, 6.07) is 8.45. The van der Waals surface area contributed by atoms with E-state index in [9.17, 15) is 0 Å². The standard InChI is InChI=1S/C17H29NO/c1-3-5-8-15(4-2)13-19-14-17-10-7-6-9-16(17)11-12-18/h6-7,9-10,15H,3-5,8,11-14,18H2,1-2H3. The zero-order valence-electron chi connectivity index (χ0n) is 12.5. The molecular formula is C17H29NO. The summed E-state index contributed by atoms with van der Waals surface area (Å²) in [5, 5.41) is 0. The molecule has 2 heteroatoms. The third-order valence-electron chi connectivity index (χ3n) is 3.69. The van der Waals surface area contributed by atoms with Gasteiger partial charge in [0.2, 0.25) is 0 Å². The number of nitrogens with two attached hydrogens (primary N) is 1. The van der Waals surface area contributed by atoms with E-state index >= 15 is 0 Å². The second-order valence-electron chi connectivity index (χ2n) is 5.24. The van der Waals surface area contributed by atoms with Crippen molar-refractivity contribution in [3.8, 4) is 0 Å². The normalized spacial score (nSPS) is 12.6. The molecule has 0 spiro atoms. The minimum absolute atomic E-state index is 0.700. The Hall–Kier alpha value is -0.860. The maximum atomic E-state index is 5.92. The summed E-state index contributed by atoms with van der Waals surface area (Å²) in [6.07, 6.45) is 6.02. The van der Waals surface area contributed by atoms with Crippen LogP contribution in [-0.4, -0.2) is 13.2 Å². The summed E-state index contributed by atoms with van der Waals surface area (Å²) in [4.78, 5) is 0. The number of ether oxygens (including phenoxy) is 1. The average Bonchev–Trinajstić information content (AvgIpc) is 2.44. The number of unbranched alkanes of at least 4 members (excludes halogenated alkanes) is 1. The van der Waals surface area contributed by atoms with Crippen LogP contribution in [0.15, 0.2) is 24.3 Å². The molecule has 1 aromatic carbocycles. The summed E-state index contributed by atoms with van der Waals surface area (Å²) >= 11 is 0. The van der Waals surface area contributed by atoms with Crippen molar-refractivity contribution >= 4 is 0 Å². The lowest BCUT2D eigenvalue weighted by Gasteiger charge is -2.15. The molecule has 1 rings (SSSR count). The van der Waals surface area contributed by atoms with Gasteiger partial charge in [0.15, 0.2) is 0 Å². The van der Waals surface area contributed by atoms with Gasteiger partial charge in [-0.1, -0.05) is 57.4 Å². The molecule has 0 aromatic heterocycles. The van der Waals surface area contributed by atoms with Gasteiger partial charge in [-0.15, -0.1) is 0 Å². The van der Waals surface area contributed by atoms with Crippen molar-refractivity contribution in [1.29, 1.82) is 0 Å². The molecule has 1 atom stereocenters. The molecule has 0 aliphatic heterocycles. The Labute approximate surface area is 118 Å². The molecule has 0 heterocycles. The van der Waals surface area contributed by atoms with Gasteiger partial charge in [-0.05, 0) is 36.4 Å². The van der Waals surface area contributed by atoms with Crippen LogP contribution in [-0.2, 0) is 17.8 Å². The highest BCUT2D eigenvalue weighted by atomic mass is 16.5. The molecule has 0 radical (unpaired) electrons. The van der Waals surface area contributed by atoms with Crippen LogP contribution < -0.4 is 5.73 Å². The molecule has 0 saturated heterocycles. The Balaban J connectivity index is 2.39. The molecule has 0 bridgehead atoms. The zero-order chi connectivity index (χ0) is 13.9. The monoisotopic (exact) mass is 263 g/mol. The van der Waals surface area contributed by atoms with E-state index in [1.54, 1.807) is 0 Å². The fourth-order valence-electron chi connectivity index (χ4n) is 2.33. The van der Waals surface area contributed by atoms with Crippen molar-refractivity contribution in [1.82, 2.24) is 0 Å². The lowest BCUT2D eigenvalue weighted by atomic mass is 10.0. The van der Waals surface area contributed by atoms with Crippen LogP contribution in [0.4, 0.5) is 0 Å². The van der Waals surface area contributed by atoms with Crippen molar-refractivity contribution in [3.05, 3.63) is 35.4 Å². The summed E-state index contributed by atoms with van der Waals surface area (Å²) in [5.41, 5.74) is 8.26. The van der Waals surface area contributed by atoms with Crippen LogP contribution in [0.1, 0.15) is 50.7 Å². The fourth-order valence-corrected chi connectivity index (χ4v) is 2.33. The van der Waals surface area contributed by atoms with E-state index in [0.717, 1.165) is 19.6 Å². The van der Waals surface area contributed by atoms with Crippen LogP contribution in [0, 0.1) is 5.92 Å². The van der Waals surface area contributed by atoms with Gasteiger partial charge in [-0.2, -0.15) is 0 Å². The van der Waals surface area contributed by atoms with E-state index in [2.05, 4.69) is 38.1 Å². The van der Waals surface area contributed by atoms with Gasteiger partial charge in [0.25, 0.3) is 0 Å². The first kappa shape index (κ1) is 16.2. The van der Waals surface area contributed by atoms with Crippen LogP contribution in [0.3, 0.4) is 0 Å². The molecule has 19 heavy (non-hydrogen) atoms. The van der Waals surface area contributed by atoms with Crippen LogP contribution in [0.2, 0.25) is 0 Å². The Morgan fingerprint density at radius 3 is 2.53 bits per heavy atom. The Bertz CT molecular complexity index is 338. The minimum Gasteiger partial charge on any atom is -0.376 e. The summed E-state index contributed by atoms with van der Waals surface area (Å²) < 4.78 is 5.92. The van der Waals surface area contributed by atoms with Crippen LogP contribution >= 0.6 is 0 Å². The van der Waals surface area contributed by atoms with Gasteiger partial charge in [-0.3, -0.25) is 0 Å². The van der Waals surface area contributed by atoms with Crippen LogP contribution in [0.5, 0.6) is 0 Å². The Morgan fingerprint density at radius 1 is 1.16 bits per heavy atom. The quantitative estimate of drug-likeness (QED) is 0.694. The topological polar surface area (TPSA) is 35.2 Å². The second kappa shape index (κ2) is 9.99. The number of hydrogen-bond acceptors (Lipinski definition) is 2. The molecule has 0 aliphatic rings. The first-order chi connectivity index (χ1) is 9.31. The molecule has 2 nitrogen and oxygen atoms in total. The van der Waals surface area contributed by atoms with Gasteiger partial charge < -0.3 is 10.5 Å². The van der Waals surface area contributed by atoms with Crippen molar-refractivity contribution in [2.75, 3.05) is 13.2 Å². The van der Waals surface area contributed by atoms with Gasteiger partial charge in [0.1, 0.15) is 0 Å². The number of hydrogen-bond donors (Lipinski definition) is 1. The molecular weight excluding hydrogens is 234 g/mol. The van der Waals surface area contributed by atoms with Gasteiger partial charge >= 0.3 is 0 Å². The fraction of sp³-hybridized carbons (Fsp3) is 0.647. The van der Waals surface area contributed by atoms with Crippen molar-refractivity contribution in [2.45, 2.75) is 52.6 Å². The molecule has 1 aromatic rings. The summed E-state index contributed by atoms with van der Waals surface area (Å²) in [5.74, 6) is 0.710. The first-order valence-corrected chi connectivity index (χ1v) is 7.66. The van der Waals surface area contributed by atoms with E-state index in [1.807, 2.05) is 0 Å². The molecule has 0 amide bonds. The second-order valence-corrected chi connectivity index (χ2v) is 5.24. The molecule has 0 fully saturated rings. The van der Waals surface area contributed by atoms with Gasteiger partial charge in [0, 0.05) is 6.61 Å². The molecule has 1 unspecified atom stereocenters. The van der Waals surface area contributed by atoms with Gasteiger partial charge in [0.05, 0.1) is 6.61 Å². The lowest BCUT2D eigenvalue weighted by Crippen LogP contribution is -2.10. The largest absolute Gasteiger partial charge is 0.376 e.